The summed E-state index contributed by atoms with van der Waals surface area (Å²) in [7, 11) is 0. The van der Waals surface area contributed by atoms with Crippen LogP contribution in [0.15, 0.2) is 12.1 Å². The second-order valence-electron chi connectivity index (χ2n) is 4.83. The Kier molecular flexibility index (Phi) is 3.85. The number of rotatable bonds is 2. The average molecular weight is 272 g/mol. The quantitative estimate of drug-likeness (QED) is 0.898. The molecular weight excluding hydrogens is 254 g/mol. The zero-order valence-corrected chi connectivity index (χ0v) is 11.8. The van der Waals surface area contributed by atoms with Gasteiger partial charge in [-0.3, -0.25) is 0 Å². The lowest BCUT2D eigenvalue weighted by Gasteiger charge is -2.38. The smallest absolute Gasteiger partial charge is 0.129 e. The molecule has 17 heavy (non-hydrogen) atoms. The van der Waals surface area contributed by atoms with Gasteiger partial charge >= 0.3 is 0 Å². The third kappa shape index (κ3) is 3.06. The Morgan fingerprint density at radius 3 is 2.94 bits per heavy atom. The van der Waals surface area contributed by atoms with Crippen LogP contribution in [0.5, 0.6) is 0 Å². The largest absolute Gasteiger partial charge is 0.354 e. The Morgan fingerprint density at radius 1 is 1.53 bits per heavy atom. The summed E-state index contributed by atoms with van der Waals surface area (Å²) in [5.41, 5.74) is 6.41. The lowest BCUT2D eigenvalue weighted by Crippen LogP contribution is -2.43. The number of aromatic nitrogens is 1. The molecule has 0 aromatic carbocycles. The number of nitrogens with two attached hydrogens (primary N) is 1. The third-order valence-corrected chi connectivity index (χ3v) is 4.49. The van der Waals surface area contributed by atoms with E-state index in [2.05, 4.69) is 23.7 Å². The van der Waals surface area contributed by atoms with Crippen molar-refractivity contribution < 1.29 is 0 Å². The molecule has 2 N–H and O–H groups in total. The molecule has 1 saturated heterocycles. The predicted octanol–water partition coefficient (Wildman–Crippen LogP) is 2.53. The number of hydrogen-bond donors (Lipinski definition) is 1. The van der Waals surface area contributed by atoms with Crippen LogP contribution in [0.1, 0.15) is 19.5 Å². The van der Waals surface area contributed by atoms with Crippen molar-refractivity contribution in [1.29, 1.82) is 0 Å². The van der Waals surface area contributed by atoms with Gasteiger partial charge in [-0.2, -0.15) is 11.8 Å². The Hall–Kier alpha value is -0.450. The molecule has 0 unspecified atom stereocenters. The Morgan fingerprint density at radius 2 is 2.29 bits per heavy atom. The Labute approximate surface area is 112 Å². The number of thioether (sulfide) groups is 1. The standard InChI is InChI=1S/C12H18ClN3S/c1-12(2)8-16(5-6-17-12)11-4-3-9(13)10(7-14)15-11/h3-4H,5-8,14H2,1-2H3. The van der Waals surface area contributed by atoms with E-state index in [1.165, 1.54) is 0 Å². The highest BCUT2D eigenvalue weighted by Gasteiger charge is 2.27. The van der Waals surface area contributed by atoms with Gasteiger partial charge in [0.25, 0.3) is 0 Å². The molecule has 1 fully saturated rings. The molecule has 1 aliphatic rings. The number of nitrogens with zero attached hydrogens (tertiary/aromatic N) is 2. The summed E-state index contributed by atoms with van der Waals surface area (Å²) in [5.74, 6) is 2.12. The van der Waals surface area contributed by atoms with E-state index in [0.717, 1.165) is 30.4 Å². The fourth-order valence-corrected chi connectivity index (χ4v) is 3.30. The summed E-state index contributed by atoms with van der Waals surface area (Å²) in [5, 5.41) is 0.655. The maximum atomic E-state index is 6.03. The summed E-state index contributed by atoms with van der Waals surface area (Å²) in [4.78, 5) is 6.85. The minimum Gasteiger partial charge on any atom is -0.354 e. The van der Waals surface area contributed by atoms with Crippen molar-refractivity contribution in [2.75, 3.05) is 23.7 Å². The average Bonchev–Trinajstić information content (AvgIpc) is 2.28. The fourth-order valence-electron chi connectivity index (χ4n) is 2.00. The Bertz CT molecular complexity index is 409. The molecular formula is C12H18ClN3S. The molecule has 0 spiro atoms. The molecule has 0 aliphatic carbocycles. The molecule has 1 aliphatic heterocycles. The molecule has 3 nitrogen and oxygen atoms in total. The molecule has 0 radical (unpaired) electrons. The van der Waals surface area contributed by atoms with Crippen LogP contribution in [-0.2, 0) is 6.54 Å². The van der Waals surface area contributed by atoms with Gasteiger partial charge < -0.3 is 10.6 Å². The summed E-state index contributed by atoms with van der Waals surface area (Å²) in [6.07, 6.45) is 0. The van der Waals surface area contributed by atoms with Crippen molar-refractivity contribution in [3.8, 4) is 0 Å². The summed E-state index contributed by atoms with van der Waals surface area (Å²) in [6.45, 7) is 6.97. The molecule has 2 heterocycles. The number of hydrogen-bond acceptors (Lipinski definition) is 4. The highest BCUT2D eigenvalue weighted by atomic mass is 35.5. The molecule has 0 saturated carbocycles. The van der Waals surface area contributed by atoms with Crippen molar-refractivity contribution in [2.45, 2.75) is 25.1 Å². The molecule has 5 heteroatoms. The van der Waals surface area contributed by atoms with E-state index in [-0.39, 0.29) is 4.75 Å². The van der Waals surface area contributed by atoms with Crippen LogP contribution in [0.2, 0.25) is 5.02 Å². The molecule has 2 rings (SSSR count). The van der Waals surface area contributed by atoms with Crippen LogP contribution in [-0.4, -0.2) is 28.6 Å². The van der Waals surface area contributed by atoms with Crippen LogP contribution in [0.3, 0.4) is 0 Å². The first-order valence-corrected chi connectivity index (χ1v) is 7.12. The maximum Gasteiger partial charge on any atom is 0.129 e. The van der Waals surface area contributed by atoms with Gasteiger partial charge in [0.2, 0.25) is 0 Å². The predicted molar refractivity (Wildman–Crippen MR) is 75.9 cm³/mol. The van der Waals surface area contributed by atoms with Crippen molar-refractivity contribution in [3.63, 3.8) is 0 Å². The molecule has 1 aromatic heterocycles. The number of halogens is 1. The zero-order chi connectivity index (χ0) is 12.5. The second-order valence-corrected chi connectivity index (χ2v) is 7.04. The van der Waals surface area contributed by atoms with Crippen LogP contribution in [0.4, 0.5) is 5.82 Å². The van der Waals surface area contributed by atoms with Gasteiger partial charge in [0.1, 0.15) is 5.82 Å². The van der Waals surface area contributed by atoms with Gasteiger partial charge in [-0.15, -0.1) is 0 Å². The molecule has 0 atom stereocenters. The lowest BCUT2D eigenvalue weighted by atomic mass is 10.2. The van der Waals surface area contributed by atoms with Gasteiger partial charge in [0.05, 0.1) is 10.7 Å². The molecule has 94 valence electrons. The maximum absolute atomic E-state index is 6.03. The lowest BCUT2D eigenvalue weighted by molar-refractivity contribution is 0.641. The van der Waals surface area contributed by atoms with Gasteiger partial charge in [0, 0.05) is 30.1 Å². The first-order valence-electron chi connectivity index (χ1n) is 5.76. The molecule has 0 amide bonds. The Balaban J connectivity index is 2.22. The van der Waals surface area contributed by atoms with E-state index in [0.29, 0.717) is 11.6 Å². The van der Waals surface area contributed by atoms with Crippen LogP contribution in [0, 0.1) is 0 Å². The summed E-state index contributed by atoms with van der Waals surface area (Å²) < 4.78 is 0.280. The first kappa shape index (κ1) is 13.0. The van der Waals surface area contributed by atoms with E-state index in [1.807, 2.05) is 23.9 Å². The van der Waals surface area contributed by atoms with Gasteiger partial charge in [-0.05, 0) is 26.0 Å². The molecule has 1 aromatic rings. The van der Waals surface area contributed by atoms with Gasteiger partial charge in [0.15, 0.2) is 0 Å². The van der Waals surface area contributed by atoms with Crippen molar-refractivity contribution in [1.82, 2.24) is 4.98 Å². The minimum atomic E-state index is 0.280. The summed E-state index contributed by atoms with van der Waals surface area (Å²) in [6, 6.07) is 3.87. The van der Waals surface area contributed by atoms with E-state index in [1.54, 1.807) is 0 Å². The summed E-state index contributed by atoms with van der Waals surface area (Å²) >= 11 is 8.04. The van der Waals surface area contributed by atoms with Crippen LogP contribution in [0.25, 0.3) is 0 Å². The third-order valence-electron chi connectivity index (χ3n) is 2.85. The van der Waals surface area contributed by atoms with Crippen LogP contribution < -0.4 is 10.6 Å². The monoisotopic (exact) mass is 271 g/mol. The van der Waals surface area contributed by atoms with Crippen LogP contribution >= 0.6 is 23.4 Å². The second kappa shape index (κ2) is 5.04. The highest BCUT2D eigenvalue weighted by Crippen LogP contribution is 2.32. The minimum absolute atomic E-state index is 0.280. The first-order chi connectivity index (χ1) is 8.02. The van der Waals surface area contributed by atoms with Crippen molar-refractivity contribution in [3.05, 3.63) is 22.8 Å². The molecule has 0 bridgehead atoms. The van der Waals surface area contributed by atoms with Crippen molar-refractivity contribution in [2.24, 2.45) is 5.73 Å². The van der Waals surface area contributed by atoms with E-state index < -0.39 is 0 Å². The number of anilines is 1. The topological polar surface area (TPSA) is 42.1 Å². The normalized spacial score (nSPS) is 19.4. The van der Waals surface area contributed by atoms with Crippen molar-refractivity contribution >= 4 is 29.2 Å². The van der Waals surface area contributed by atoms with Gasteiger partial charge in [-0.25, -0.2) is 4.98 Å². The van der Waals surface area contributed by atoms with E-state index in [4.69, 9.17) is 17.3 Å². The van der Waals surface area contributed by atoms with E-state index >= 15 is 0 Å². The highest BCUT2D eigenvalue weighted by molar-refractivity contribution is 8.00. The fraction of sp³-hybridized carbons (Fsp3) is 0.583. The number of pyridine rings is 1. The zero-order valence-electron chi connectivity index (χ0n) is 10.2. The van der Waals surface area contributed by atoms with Gasteiger partial charge in [-0.1, -0.05) is 11.6 Å². The SMILES string of the molecule is CC1(C)CN(c2ccc(Cl)c(CN)n2)CCS1. The van der Waals surface area contributed by atoms with E-state index in [9.17, 15) is 0 Å².